The molecule has 0 aliphatic heterocycles. The molecule has 5 nitrogen and oxygen atoms in total. The molecule has 0 bridgehead atoms. The fourth-order valence-corrected chi connectivity index (χ4v) is 3.36. The molecule has 0 radical (unpaired) electrons. The van der Waals surface area contributed by atoms with E-state index >= 15 is 0 Å². The molecule has 0 atom stereocenters. The lowest BCUT2D eigenvalue weighted by Gasteiger charge is -2.11. The van der Waals surface area contributed by atoms with Gasteiger partial charge in [0.15, 0.2) is 11.5 Å². The summed E-state index contributed by atoms with van der Waals surface area (Å²) in [6, 6.07) is 15.3. The number of carboxylic acids is 1. The van der Waals surface area contributed by atoms with Crippen LogP contribution in [0.4, 0.5) is 0 Å². The zero-order chi connectivity index (χ0) is 18.5. The Morgan fingerprint density at radius 2 is 1.73 bits per heavy atom. The lowest BCUT2D eigenvalue weighted by Crippen LogP contribution is -2.21. The van der Waals surface area contributed by atoms with Crippen molar-refractivity contribution in [3.8, 4) is 22.1 Å². The summed E-state index contributed by atoms with van der Waals surface area (Å²) in [5.74, 6) is 0.233. The van der Waals surface area contributed by atoms with E-state index in [1.807, 2.05) is 55.5 Å². The Morgan fingerprint density at radius 1 is 1.08 bits per heavy atom. The van der Waals surface area contributed by atoms with Gasteiger partial charge in [0, 0.05) is 5.56 Å². The van der Waals surface area contributed by atoms with Crippen LogP contribution in [0.15, 0.2) is 48.5 Å². The quantitative estimate of drug-likeness (QED) is 0.639. The second-order valence-corrected chi connectivity index (χ2v) is 6.59. The number of ether oxygens (including phenoxy) is 2. The van der Waals surface area contributed by atoms with E-state index in [-0.39, 0.29) is 4.88 Å². The molecule has 0 amide bonds. The molecule has 0 N–H and O–H groups in total. The van der Waals surface area contributed by atoms with Crippen LogP contribution in [-0.4, -0.2) is 17.6 Å². The highest BCUT2D eigenvalue weighted by atomic mass is 32.1. The highest BCUT2D eigenvalue weighted by Crippen LogP contribution is 2.29. The van der Waals surface area contributed by atoms with E-state index < -0.39 is 5.97 Å². The fraction of sp³-hybridized carbons (Fsp3) is 0.200. The minimum Gasteiger partial charge on any atom is -0.544 e. The van der Waals surface area contributed by atoms with Crippen LogP contribution in [-0.2, 0) is 6.61 Å². The molecule has 0 aliphatic carbocycles. The highest BCUT2D eigenvalue weighted by molar-refractivity contribution is 7.17. The molecule has 1 heterocycles. The first-order valence-electron chi connectivity index (χ1n) is 8.21. The summed E-state index contributed by atoms with van der Waals surface area (Å²) in [6.07, 6.45) is 0. The van der Waals surface area contributed by atoms with Gasteiger partial charge < -0.3 is 19.4 Å². The first kappa shape index (κ1) is 17.9. The predicted octanol–water partition coefficient (Wildman–Crippen LogP) is 3.46. The first-order valence-corrected chi connectivity index (χ1v) is 9.03. The maximum absolute atomic E-state index is 11.0. The van der Waals surface area contributed by atoms with Crippen LogP contribution < -0.4 is 14.6 Å². The number of benzene rings is 2. The Kier molecular flexibility index (Phi) is 5.53. The minimum absolute atomic E-state index is 0.167. The summed E-state index contributed by atoms with van der Waals surface area (Å²) in [5.41, 5.74) is 2.34. The van der Waals surface area contributed by atoms with E-state index in [0.29, 0.717) is 29.7 Å². The van der Waals surface area contributed by atoms with Crippen molar-refractivity contribution < 1.29 is 19.4 Å². The van der Waals surface area contributed by atoms with Crippen molar-refractivity contribution >= 4 is 17.3 Å². The Labute approximate surface area is 155 Å². The van der Waals surface area contributed by atoms with Gasteiger partial charge in [-0.3, -0.25) is 0 Å². The number of carbonyl (C=O) groups excluding carboxylic acids is 1. The van der Waals surface area contributed by atoms with E-state index in [0.717, 1.165) is 28.2 Å². The molecule has 0 spiro atoms. The number of hydrogen-bond acceptors (Lipinski definition) is 6. The molecular formula is C20H18NO4S-. The second kappa shape index (κ2) is 8.01. The van der Waals surface area contributed by atoms with Gasteiger partial charge in [-0.25, -0.2) is 4.98 Å². The van der Waals surface area contributed by atoms with Crippen molar-refractivity contribution in [3.63, 3.8) is 0 Å². The van der Waals surface area contributed by atoms with E-state index in [1.165, 1.54) is 0 Å². The first-order chi connectivity index (χ1) is 12.6. The van der Waals surface area contributed by atoms with Crippen LogP contribution in [0.1, 0.15) is 27.9 Å². The van der Waals surface area contributed by atoms with Gasteiger partial charge in [-0.1, -0.05) is 36.4 Å². The third kappa shape index (κ3) is 4.03. The molecule has 0 saturated heterocycles. The molecular weight excluding hydrogens is 350 g/mol. The largest absolute Gasteiger partial charge is 0.544 e. The molecule has 0 saturated carbocycles. The van der Waals surface area contributed by atoms with Crippen molar-refractivity contribution in [2.24, 2.45) is 0 Å². The number of para-hydroxylation sites is 2. The SMILES string of the molecule is CCOc1ccccc1OCc1ccc(-c2nc(C)c(C(=O)[O-])s2)cc1. The smallest absolute Gasteiger partial charge is 0.161 e. The minimum atomic E-state index is -1.19. The molecule has 26 heavy (non-hydrogen) atoms. The molecule has 1 aromatic heterocycles. The Bertz CT molecular complexity index is 902. The predicted molar refractivity (Wildman–Crippen MR) is 98.6 cm³/mol. The topological polar surface area (TPSA) is 71.5 Å². The van der Waals surface area contributed by atoms with E-state index in [2.05, 4.69) is 4.98 Å². The average molecular weight is 368 g/mol. The number of carboxylic acid groups (broad SMARTS) is 1. The standard InChI is InChI=1S/C20H19NO4S/c1-3-24-16-6-4-5-7-17(16)25-12-14-8-10-15(11-9-14)19-21-13(2)18(26-19)20(22)23/h4-11H,3,12H2,1-2H3,(H,22,23)/p-1. The van der Waals surface area contributed by atoms with Crippen LogP contribution in [0.2, 0.25) is 0 Å². The van der Waals surface area contributed by atoms with Gasteiger partial charge in [-0.05, 0) is 31.5 Å². The zero-order valence-electron chi connectivity index (χ0n) is 14.5. The number of rotatable bonds is 7. The van der Waals surface area contributed by atoms with Crippen molar-refractivity contribution in [1.29, 1.82) is 0 Å². The van der Waals surface area contributed by atoms with E-state index in [4.69, 9.17) is 9.47 Å². The molecule has 0 fully saturated rings. The number of thiazole rings is 1. The summed E-state index contributed by atoms with van der Waals surface area (Å²) in [5, 5.41) is 11.7. The Balaban J connectivity index is 1.70. The van der Waals surface area contributed by atoms with Crippen LogP contribution in [0, 0.1) is 6.92 Å². The van der Waals surface area contributed by atoms with E-state index in [9.17, 15) is 9.90 Å². The van der Waals surface area contributed by atoms with Crippen LogP contribution in [0.5, 0.6) is 11.5 Å². The summed E-state index contributed by atoms with van der Waals surface area (Å²) in [6.45, 7) is 4.59. The van der Waals surface area contributed by atoms with Crippen molar-refractivity contribution in [3.05, 3.63) is 64.7 Å². The molecule has 0 unspecified atom stereocenters. The third-order valence-corrected chi connectivity index (χ3v) is 4.91. The van der Waals surface area contributed by atoms with Gasteiger partial charge >= 0.3 is 0 Å². The molecule has 2 aromatic carbocycles. The van der Waals surface area contributed by atoms with Crippen molar-refractivity contribution in [2.45, 2.75) is 20.5 Å². The van der Waals surface area contributed by atoms with Crippen LogP contribution in [0.3, 0.4) is 0 Å². The Hall–Kier alpha value is -2.86. The number of aromatic nitrogens is 1. The lowest BCUT2D eigenvalue weighted by atomic mass is 10.1. The number of hydrogen-bond donors (Lipinski definition) is 0. The van der Waals surface area contributed by atoms with Gasteiger partial charge in [-0.2, -0.15) is 0 Å². The van der Waals surface area contributed by atoms with Gasteiger partial charge in [0.05, 0.1) is 23.1 Å². The van der Waals surface area contributed by atoms with Crippen LogP contribution >= 0.6 is 11.3 Å². The second-order valence-electron chi connectivity index (χ2n) is 5.59. The zero-order valence-corrected chi connectivity index (χ0v) is 15.3. The lowest BCUT2D eigenvalue weighted by molar-refractivity contribution is -0.254. The monoisotopic (exact) mass is 368 g/mol. The summed E-state index contributed by atoms with van der Waals surface area (Å²) in [4.78, 5) is 15.5. The van der Waals surface area contributed by atoms with Gasteiger partial charge in [0.25, 0.3) is 0 Å². The van der Waals surface area contributed by atoms with Gasteiger partial charge in [0.1, 0.15) is 11.6 Å². The maximum atomic E-state index is 11.0. The summed E-state index contributed by atoms with van der Waals surface area (Å²) < 4.78 is 11.4. The summed E-state index contributed by atoms with van der Waals surface area (Å²) in [7, 11) is 0. The Morgan fingerprint density at radius 3 is 2.31 bits per heavy atom. The molecule has 6 heteroatoms. The van der Waals surface area contributed by atoms with Crippen molar-refractivity contribution in [2.75, 3.05) is 6.61 Å². The number of aryl methyl sites for hydroxylation is 1. The average Bonchev–Trinajstić information content (AvgIpc) is 3.04. The van der Waals surface area contributed by atoms with Gasteiger partial charge in [0.2, 0.25) is 0 Å². The highest BCUT2D eigenvalue weighted by Gasteiger charge is 2.10. The molecule has 0 aliphatic rings. The van der Waals surface area contributed by atoms with E-state index in [1.54, 1.807) is 6.92 Å². The number of carbonyl (C=O) groups is 1. The normalized spacial score (nSPS) is 10.5. The molecule has 134 valence electrons. The number of aromatic carboxylic acids is 1. The molecule has 3 rings (SSSR count). The summed E-state index contributed by atoms with van der Waals surface area (Å²) >= 11 is 1.12. The number of nitrogens with zero attached hydrogens (tertiary/aromatic N) is 1. The maximum Gasteiger partial charge on any atom is 0.161 e. The van der Waals surface area contributed by atoms with Crippen LogP contribution in [0.25, 0.3) is 10.6 Å². The third-order valence-electron chi connectivity index (χ3n) is 3.73. The molecule has 3 aromatic rings. The van der Waals surface area contributed by atoms with Gasteiger partial charge in [-0.15, -0.1) is 11.3 Å². The van der Waals surface area contributed by atoms with Crippen molar-refractivity contribution in [1.82, 2.24) is 4.98 Å². The fourth-order valence-electron chi connectivity index (χ4n) is 2.46.